The van der Waals surface area contributed by atoms with Gasteiger partial charge in [0.25, 0.3) is 0 Å². The minimum absolute atomic E-state index is 0.0165. The molecule has 0 aliphatic carbocycles. The highest BCUT2D eigenvalue weighted by Crippen LogP contribution is 2.40. The molecule has 0 unspecified atom stereocenters. The monoisotopic (exact) mass is 566 g/mol. The van der Waals surface area contributed by atoms with Crippen LogP contribution in [0.15, 0.2) is 79.6 Å². The van der Waals surface area contributed by atoms with E-state index >= 15 is 0 Å². The Labute approximate surface area is 244 Å². The van der Waals surface area contributed by atoms with Gasteiger partial charge >= 0.3 is 0 Å². The number of ether oxygens (including phenoxy) is 2. The average Bonchev–Trinajstić information content (AvgIpc) is 3.51. The van der Waals surface area contributed by atoms with Gasteiger partial charge in [0.2, 0.25) is 5.91 Å². The summed E-state index contributed by atoms with van der Waals surface area (Å²) >= 11 is 0. The van der Waals surface area contributed by atoms with Gasteiger partial charge in [-0.2, -0.15) is 0 Å². The van der Waals surface area contributed by atoms with Crippen LogP contribution in [0.5, 0.6) is 5.75 Å². The Kier molecular flexibility index (Phi) is 7.89. The summed E-state index contributed by atoms with van der Waals surface area (Å²) in [4.78, 5) is 29.6. The molecule has 3 aromatic carbocycles. The molecule has 1 aromatic heterocycles. The van der Waals surface area contributed by atoms with Gasteiger partial charge < -0.3 is 25.0 Å². The number of aromatic nitrogens is 2. The van der Waals surface area contributed by atoms with E-state index in [1.807, 2.05) is 42.3 Å². The Morgan fingerprint density at radius 3 is 2.74 bits per heavy atom. The van der Waals surface area contributed by atoms with Crippen LogP contribution in [0.3, 0.4) is 0 Å². The summed E-state index contributed by atoms with van der Waals surface area (Å²) in [5, 5.41) is 10.5. The lowest BCUT2D eigenvalue weighted by molar-refractivity contribution is -0.111. The zero-order valence-electron chi connectivity index (χ0n) is 23.7. The van der Waals surface area contributed by atoms with Gasteiger partial charge in [-0.05, 0) is 41.5 Å². The molecule has 4 aromatic rings. The first-order chi connectivity index (χ1) is 20.5. The molecule has 0 saturated carbocycles. The number of hydrogen-bond donors (Lipinski definition) is 2. The topological polar surface area (TPSA) is 101 Å². The summed E-state index contributed by atoms with van der Waals surface area (Å²) in [6.07, 6.45) is 3.66. The van der Waals surface area contributed by atoms with Crippen molar-refractivity contribution in [3.8, 4) is 5.75 Å². The van der Waals surface area contributed by atoms with Gasteiger partial charge in [-0.1, -0.05) is 43.0 Å². The molecule has 6 rings (SSSR count). The van der Waals surface area contributed by atoms with E-state index in [9.17, 15) is 4.79 Å². The summed E-state index contributed by atoms with van der Waals surface area (Å²) in [5.41, 5.74) is 3.28. The summed E-state index contributed by atoms with van der Waals surface area (Å²) in [5.74, 6) is 1.50. The minimum atomic E-state index is -0.302. The van der Waals surface area contributed by atoms with Crippen LogP contribution in [0.25, 0.3) is 10.8 Å². The maximum atomic E-state index is 12.4. The van der Waals surface area contributed by atoms with E-state index in [0.717, 1.165) is 17.7 Å². The van der Waals surface area contributed by atoms with E-state index in [0.29, 0.717) is 55.1 Å². The van der Waals surface area contributed by atoms with Crippen LogP contribution in [0, 0.1) is 0 Å². The van der Waals surface area contributed by atoms with Crippen molar-refractivity contribution in [2.75, 3.05) is 54.0 Å². The molecule has 216 valence electrons. The normalized spacial score (nSPS) is 18.6. The average molecular weight is 567 g/mol. The second-order valence-corrected chi connectivity index (χ2v) is 10.3. The predicted octanol–water partition coefficient (Wildman–Crippen LogP) is 5.61. The first-order valence-corrected chi connectivity index (χ1v) is 14.0. The molecule has 2 aliphatic rings. The van der Waals surface area contributed by atoms with Gasteiger partial charge in [0.15, 0.2) is 5.82 Å². The molecule has 2 aliphatic heterocycles. The van der Waals surface area contributed by atoms with Crippen molar-refractivity contribution in [3.63, 3.8) is 0 Å². The number of hydrogen-bond acceptors (Lipinski definition) is 9. The minimum Gasteiger partial charge on any atom is -0.494 e. The molecule has 2 N–H and O–H groups in total. The van der Waals surface area contributed by atoms with Gasteiger partial charge in [0.05, 0.1) is 49.5 Å². The number of morpholine rings is 1. The van der Waals surface area contributed by atoms with Gasteiger partial charge in [0.1, 0.15) is 17.9 Å². The largest absolute Gasteiger partial charge is 0.494 e. The first kappa shape index (κ1) is 27.5. The lowest BCUT2D eigenvalue weighted by Gasteiger charge is -2.34. The van der Waals surface area contributed by atoms with Crippen LogP contribution < -0.4 is 25.3 Å². The van der Waals surface area contributed by atoms with E-state index in [1.54, 1.807) is 7.11 Å². The van der Waals surface area contributed by atoms with Crippen molar-refractivity contribution in [3.05, 3.63) is 85.2 Å². The second kappa shape index (κ2) is 12.1. The van der Waals surface area contributed by atoms with Crippen LogP contribution in [0.1, 0.15) is 24.9 Å². The van der Waals surface area contributed by atoms with Crippen LogP contribution in [-0.4, -0.2) is 55.4 Å². The third kappa shape index (κ3) is 5.72. The molecule has 1 amide bonds. The highest BCUT2D eigenvalue weighted by Gasteiger charge is 2.29. The molecule has 10 heteroatoms. The Hall–Kier alpha value is -4.67. The fourth-order valence-electron chi connectivity index (χ4n) is 5.51. The van der Waals surface area contributed by atoms with Crippen molar-refractivity contribution in [2.45, 2.75) is 25.5 Å². The number of hydroxylamine groups is 1. The number of nitrogens with one attached hydrogen (secondary N) is 2. The van der Waals surface area contributed by atoms with Crippen LogP contribution in [0.4, 0.5) is 28.7 Å². The maximum Gasteiger partial charge on any atom is 0.247 e. The highest BCUT2D eigenvalue weighted by atomic mass is 16.7. The maximum absolute atomic E-state index is 12.4. The molecule has 0 bridgehead atoms. The van der Waals surface area contributed by atoms with Crippen molar-refractivity contribution >= 4 is 45.4 Å². The number of methoxy groups -OCH3 is 1. The SMILES string of the molecule is C=CC(=O)Nc1cc(Nc2cc(N3OCC[C@@H]3c3ccc4ccccc4c3)ncn2)c(OC)cc1N1CCO[C@H](C)C1. The summed E-state index contributed by atoms with van der Waals surface area (Å²) in [6, 6.07) is 20.5. The predicted molar refractivity (Wildman–Crippen MR) is 164 cm³/mol. The van der Waals surface area contributed by atoms with E-state index < -0.39 is 0 Å². The summed E-state index contributed by atoms with van der Waals surface area (Å²) < 4.78 is 11.5. The van der Waals surface area contributed by atoms with Crippen LogP contribution in [0.2, 0.25) is 0 Å². The zero-order valence-corrected chi connectivity index (χ0v) is 23.7. The number of nitrogens with zero attached hydrogens (tertiary/aromatic N) is 4. The molecular formula is C32H34N6O4. The number of fused-ring (bicyclic) bond motifs is 1. The Morgan fingerprint density at radius 2 is 1.93 bits per heavy atom. The van der Waals surface area contributed by atoms with E-state index in [1.165, 1.54) is 23.2 Å². The van der Waals surface area contributed by atoms with Crippen molar-refractivity contribution in [2.24, 2.45) is 0 Å². The molecule has 42 heavy (non-hydrogen) atoms. The molecule has 2 saturated heterocycles. The molecule has 0 radical (unpaired) electrons. The lowest BCUT2D eigenvalue weighted by Crippen LogP contribution is -2.41. The second-order valence-electron chi connectivity index (χ2n) is 10.3. The fraction of sp³-hybridized carbons (Fsp3) is 0.281. The number of anilines is 5. The smallest absolute Gasteiger partial charge is 0.247 e. The zero-order chi connectivity index (χ0) is 29.1. The van der Waals surface area contributed by atoms with Crippen molar-refractivity contribution < 1.29 is 19.1 Å². The Bertz CT molecular complexity index is 1610. The van der Waals surface area contributed by atoms with E-state index in [4.69, 9.17) is 14.3 Å². The number of benzene rings is 3. The Morgan fingerprint density at radius 1 is 1.07 bits per heavy atom. The van der Waals surface area contributed by atoms with Gasteiger partial charge in [0, 0.05) is 31.6 Å². The van der Waals surface area contributed by atoms with E-state index in [-0.39, 0.29) is 18.1 Å². The summed E-state index contributed by atoms with van der Waals surface area (Å²) in [6.45, 7) is 8.21. The highest BCUT2D eigenvalue weighted by molar-refractivity contribution is 6.02. The number of carbonyl (C=O) groups is 1. The molecule has 3 heterocycles. The van der Waals surface area contributed by atoms with Crippen LogP contribution in [-0.2, 0) is 14.4 Å². The molecule has 10 nitrogen and oxygen atoms in total. The molecule has 2 atom stereocenters. The third-order valence-corrected chi connectivity index (χ3v) is 7.55. The Balaban J connectivity index is 1.29. The lowest BCUT2D eigenvalue weighted by atomic mass is 10.0. The number of amides is 1. The third-order valence-electron chi connectivity index (χ3n) is 7.55. The van der Waals surface area contributed by atoms with Gasteiger partial charge in [-0.15, -0.1) is 0 Å². The fourth-order valence-corrected chi connectivity index (χ4v) is 5.51. The molecule has 0 spiro atoms. The molecule has 2 fully saturated rings. The van der Waals surface area contributed by atoms with Crippen molar-refractivity contribution in [1.82, 2.24) is 9.97 Å². The summed E-state index contributed by atoms with van der Waals surface area (Å²) in [7, 11) is 1.62. The van der Waals surface area contributed by atoms with Crippen molar-refractivity contribution in [1.29, 1.82) is 0 Å². The first-order valence-electron chi connectivity index (χ1n) is 14.0. The number of rotatable bonds is 8. The van der Waals surface area contributed by atoms with Gasteiger partial charge in [-0.25, -0.2) is 15.0 Å². The molecular weight excluding hydrogens is 532 g/mol. The van der Waals surface area contributed by atoms with E-state index in [2.05, 4.69) is 62.4 Å². The quantitative estimate of drug-likeness (QED) is 0.263. The standard InChI is InChI=1S/C32H34N6O4/c1-4-32(39)36-25-16-26(29(40-3)17-28(25)37-12-14-41-21(2)19-37)35-30-18-31(34-20-33-30)38-27(11-13-42-38)24-10-9-22-7-5-6-8-23(22)15-24/h4-10,15-18,20-21,27H,1,11-14,19H2,2-3H3,(H,36,39)(H,33,34,35)/t21-,27-/m1/s1. The van der Waals surface area contributed by atoms with Crippen LogP contribution >= 0.6 is 0 Å². The van der Waals surface area contributed by atoms with Gasteiger partial charge in [-0.3, -0.25) is 9.63 Å². The number of carbonyl (C=O) groups excluding carboxylic acids is 1.